The SMILES string of the molecule is Cc1ccccc1NCC1C(=O)N(NCC(=O)N2c3ccccc3Sc3ccccc32)C(=S)N(c2ccccc2)C1=O. The average molecular weight is 594 g/mol. The normalized spacial score (nSPS) is 16.3. The number of anilines is 4. The van der Waals surface area contributed by atoms with Crippen molar-refractivity contribution < 1.29 is 14.4 Å². The zero-order valence-electron chi connectivity index (χ0n) is 22.7. The van der Waals surface area contributed by atoms with Crippen molar-refractivity contribution in [3.63, 3.8) is 0 Å². The van der Waals surface area contributed by atoms with E-state index < -0.39 is 17.7 Å². The molecular weight excluding hydrogens is 567 g/mol. The van der Waals surface area contributed by atoms with Gasteiger partial charge in [0, 0.05) is 22.0 Å². The van der Waals surface area contributed by atoms with Crippen molar-refractivity contribution in [2.45, 2.75) is 16.7 Å². The second kappa shape index (κ2) is 11.8. The van der Waals surface area contributed by atoms with Crippen LogP contribution in [-0.4, -0.2) is 40.9 Å². The monoisotopic (exact) mass is 593 g/mol. The largest absolute Gasteiger partial charge is 0.383 e. The van der Waals surface area contributed by atoms with Crippen LogP contribution < -0.4 is 20.5 Å². The van der Waals surface area contributed by atoms with Crippen molar-refractivity contribution in [2.75, 3.05) is 28.2 Å². The van der Waals surface area contributed by atoms with Crippen LogP contribution in [0.15, 0.2) is 113 Å². The third-order valence-electron chi connectivity index (χ3n) is 7.15. The van der Waals surface area contributed by atoms with E-state index in [1.165, 1.54) is 4.90 Å². The Morgan fingerprint density at radius 2 is 1.40 bits per heavy atom. The Morgan fingerprint density at radius 1 is 0.810 bits per heavy atom. The molecule has 1 unspecified atom stereocenters. The van der Waals surface area contributed by atoms with Gasteiger partial charge in [-0.3, -0.25) is 24.2 Å². The molecule has 42 heavy (non-hydrogen) atoms. The van der Waals surface area contributed by atoms with E-state index >= 15 is 0 Å². The summed E-state index contributed by atoms with van der Waals surface area (Å²) in [6.45, 7) is 1.78. The number of hydrogen-bond acceptors (Lipinski definition) is 7. The van der Waals surface area contributed by atoms with E-state index in [4.69, 9.17) is 12.2 Å². The number of amides is 3. The summed E-state index contributed by atoms with van der Waals surface area (Å²) in [5, 5.41) is 4.37. The second-order valence-corrected chi connectivity index (χ2v) is 11.3. The lowest BCUT2D eigenvalue weighted by Crippen LogP contribution is -2.65. The molecule has 2 heterocycles. The highest BCUT2D eigenvalue weighted by Gasteiger charge is 2.45. The number of carbonyl (C=O) groups excluding carboxylic acids is 3. The summed E-state index contributed by atoms with van der Waals surface area (Å²) in [7, 11) is 0. The van der Waals surface area contributed by atoms with Gasteiger partial charge in [-0.05, 0) is 67.2 Å². The van der Waals surface area contributed by atoms with Gasteiger partial charge in [-0.2, -0.15) is 0 Å². The molecule has 8 nitrogen and oxygen atoms in total. The second-order valence-electron chi connectivity index (χ2n) is 9.82. The van der Waals surface area contributed by atoms with Crippen LogP contribution >= 0.6 is 24.0 Å². The number of nitrogens with zero attached hydrogens (tertiary/aromatic N) is 3. The van der Waals surface area contributed by atoms with Crippen LogP contribution in [0.5, 0.6) is 0 Å². The highest BCUT2D eigenvalue weighted by molar-refractivity contribution is 7.99. The van der Waals surface area contributed by atoms with Gasteiger partial charge in [0.25, 0.3) is 5.91 Å². The zero-order valence-corrected chi connectivity index (χ0v) is 24.3. The first-order valence-corrected chi connectivity index (χ1v) is 14.7. The van der Waals surface area contributed by atoms with E-state index in [2.05, 4.69) is 10.7 Å². The van der Waals surface area contributed by atoms with Gasteiger partial charge >= 0.3 is 0 Å². The Morgan fingerprint density at radius 3 is 2.07 bits per heavy atom. The van der Waals surface area contributed by atoms with Crippen molar-refractivity contribution in [3.05, 3.63) is 109 Å². The first-order valence-electron chi connectivity index (χ1n) is 13.4. The molecule has 0 saturated carbocycles. The summed E-state index contributed by atoms with van der Waals surface area (Å²) in [5.74, 6) is -2.31. The van der Waals surface area contributed by atoms with E-state index in [1.807, 2.05) is 85.8 Å². The molecule has 2 aliphatic rings. The summed E-state index contributed by atoms with van der Waals surface area (Å²) in [4.78, 5) is 46.2. The van der Waals surface area contributed by atoms with Gasteiger partial charge in [0.1, 0.15) is 5.92 Å². The number of fused-ring (bicyclic) bond motifs is 2. The van der Waals surface area contributed by atoms with E-state index in [9.17, 15) is 14.4 Å². The van der Waals surface area contributed by atoms with Gasteiger partial charge < -0.3 is 5.32 Å². The number of benzene rings is 4. The van der Waals surface area contributed by atoms with Gasteiger partial charge in [0.2, 0.25) is 16.9 Å². The number of carbonyl (C=O) groups is 3. The fourth-order valence-electron chi connectivity index (χ4n) is 5.02. The molecule has 4 aromatic rings. The molecule has 0 radical (unpaired) electrons. The lowest BCUT2D eigenvalue weighted by atomic mass is 10.0. The fraction of sp³-hybridized carbons (Fsp3) is 0.125. The Labute approximate surface area is 253 Å². The summed E-state index contributed by atoms with van der Waals surface area (Å²) in [5.41, 5.74) is 6.85. The van der Waals surface area contributed by atoms with Crippen LogP contribution in [0, 0.1) is 12.8 Å². The van der Waals surface area contributed by atoms with E-state index in [-0.39, 0.29) is 24.1 Å². The first-order chi connectivity index (χ1) is 20.4. The number of hydrazine groups is 1. The number of hydrogen-bond donors (Lipinski definition) is 2. The fourth-order valence-corrected chi connectivity index (χ4v) is 6.43. The van der Waals surface area contributed by atoms with E-state index in [0.717, 1.165) is 37.4 Å². The molecule has 10 heteroatoms. The third-order valence-corrected chi connectivity index (χ3v) is 8.64. The number of aryl methyl sites for hydroxylation is 1. The molecule has 1 fully saturated rings. The Balaban J connectivity index is 1.27. The first kappa shape index (κ1) is 27.6. The maximum atomic E-state index is 13.8. The minimum absolute atomic E-state index is 0.0360. The summed E-state index contributed by atoms with van der Waals surface area (Å²) in [6, 6.07) is 32.0. The van der Waals surface area contributed by atoms with Crippen molar-refractivity contribution >= 4 is 69.6 Å². The number of rotatable bonds is 7. The standard InChI is InChI=1S/C32H27N5O3S2/c1-21-11-5-6-14-24(21)33-19-23-30(39)35(22-12-3-2-4-13-22)32(41)37(31(23)40)34-20-29(38)36-25-15-7-9-17-27(25)42-28-18-10-8-16-26(28)36/h2-18,23,33-34H,19-20H2,1H3. The molecule has 0 aliphatic carbocycles. The van der Waals surface area contributed by atoms with Gasteiger partial charge in [0.05, 0.1) is 23.6 Å². The van der Waals surface area contributed by atoms with Crippen molar-refractivity contribution in [3.8, 4) is 0 Å². The molecule has 6 rings (SSSR count). The van der Waals surface area contributed by atoms with Crippen LogP contribution in [0.25, 0.3) is 0 Å². The molecule has 2 N–H and O–H groups in total. The van der Waals surface area contributed by atoms with Crippen LogP contribution in [0.4, 0.5) is 22.7 Å². The lowest BCUT2D eigenvalue weighted by Gasteiger charge is -2.39. The summed E-state index contributed by atoms with van der Waals surface area (Å²) < 4.78 is 0. The summed E-state index contributed by atoms with van der Waals surface area (Å²) in [6.07, 6.45) is 0. The Kier molecular flexibility index (Phi) is 7.75. The van der Waals surface area contributed by atoms with Crippen LogP contribution in [0.1, 0.15) is 5.56 Å². The predicted octanol–water partition coefficient (Wildman–Crippen LogP) is 5.52. The van der Waals surface area contributed by atoms with E-state index in [0.29, 0.717) is 5.69 Å². The molecule has 0 bridgehead atoms. The molecule has 0 aromatic heterocycles. The predicted molar refractivity (Wildman–Crippen MR) is 169 cm³/mol. The van der Waals surface area contributed by atoms with Gasteiger partial charge in [-0.15, -0.1) is 0 Å². The number of nitrogens with one attached hydrogen (secondary N) is 2. The Bertz CT molecular complexity index is 1650. The Hall–Kier alpha value is -4.51. The van der Waals surface area contributed by atoms with Crippen molar-refractivity contribution in [1.29, 1.82) is 0 Å². The minimum Gasteiger partial charge on any atom is -0.383 e. The third kappa shape index (κ3) is 5.16. The number of thiocarbonyl (C=S) groups is 1. The molecule has 2 aliphatic heterocycles. The average Bonchev–Trinajstić information content (AvgIpc) is 3.01. The molecule has 0 spiro atoms. The van der Waals surface area contributed by atoms with Crippen molar-refractivity contribution in [2.24, 2.45) is 5.92 Å². The molecule has 210 valence electrons. The zero-order chi connectivity index (χ0) is 29.2. The number of para-hydroxylation sites is 4. The van der Waals surface area contributed by atoms with E-state index in [1.54, 1.807) is 40.9 Å². The highest BCUT2D eigenvalue weighted by Crippen LogP contribution is 2.47. The summed E-state index contributed by atoms with van der Waals surface area (Å²) >= 11 is 7.27. The van der Waals surface area contributed by atoms with Crippen molar-refractivity contribution in [1.82, 2.24) is 10.4 Å². The maximum absolute atomic E-state index is 13.8. The highest BCUT2D eigenvalue weighted by atomic mass is 32.2. The minimum atomic E-state index is -1.08. The van der Waals surface area contributed by atoms with Gasteiger partial charge in [-0.25, -0.2) is 10.4 Å². The smallest absolute Gasteiger partial charge is 0.257 e. The van der Waals surface area contributed by atoms with Crippen LogP contribution in [-0.2, 0) is 14.4 Å². The van der Waals surface area contributed by atoms with Gasteiger partial charge in [-0.1, -0.05) is 72.4 Å². The molecule has 3 amide bonds. The maximum Gasteiger partial charge on any atom is 0.257 e. The topological polar surface area (TPSA) is 85.0 Å². The molecule has 4 aromatic carbocycles. The van der Waals surface area contributed by atoms with Crippen LogP contribution in [0.3, 0.4) is 0 Å². The quantitative estimate of drug-likeness (QED) is 0.216. The molecule has 1 saturated heterocycles. The van der Waals surface area contributed by atoms with Gasteiger partial charge in [0.15, 0.2) is 0 Å². The molecule has 1 atom stereocenters. The van der Waals surface area contributed by atoms with Crippen LogP contribution in [0.2, 0.25) is 0 Å². The lowest BCUT2D eigenvalue weighted by molar-refractivity contribution is -0.141. The molecular formula is C32H27N5O3S2.